The molecule has 6 heteroatoms. The summed E-state index contributed by atoms with van der Waals surface area (Å²) in [6.45, 7) is 6.57. The van der Waals surface area contributed by atoms with Crippen molar-refractivity contribution < 1.29 is 8.42 Å². The molecule has 0 aliphatic rings. The van der Waals surface area contributed by atoms with E-state index in [1.165, 1.54) is 11.6 Å². The van der Waals surface area contributed by atoms with Gasteiger partial charge in [-0.05, 0) is 25.0 Å². The number of nitrogens with one attached hydrogen (secondary N) is 1. The van der Waals surface area contributed by atoms with Gasteiger partial charge in [0, 0.05) is 18.5 Å². The SMILES string of the molecule is C=CCS(=O)(=O)NCCCn1ncc2c(C)cccc21. The maximum Gasteiger partial charge on any atom is 0.215 e. The van der Waals surface area contributed by atoms with E-state index >= 15 is 0 Å². The van der Waals surface area contributed by atoms with Crippen molar-refractivity contribution in [2.24, 2.45) is 0 Å². The Morgan fingerprint density at radius 1 is 1.45 bits per heavy atom. The first-order valence-corrected chi connectivity index (χ1v) is 8.18. The number of aromatic nitrogens is 2. The van der Waals surface area contributed by atoms with Crippen LogP contribution in [0.15, 0.2) is 37.1 Å². The lowest BCUT2D eigenvalue weighted by molar-refractivity contribution is 0.562. The summed E-state index contributed by atoms with van der Waals surface area (Å²) in [5.41, 5.74) is 2.28. The number of benzene rings is 1. The second-order valence-corrected chi connectivity index (χ2v) is 6.54. The van der Waals surface area contributed by atoms with Gasteiger partial charge in [0.25, 0.3) is 0 Å². The highest BCUT2D eigenvalue weighted by Crippen LogP contribution is 2.17. The first-order chi connectivity index (χ1) is 9.53. The van der Waals surface area contributed by atoms with E-state index in [9.17, 15) is 8.42 Å². The Kier molecular flexibility index (Phi) is 4.57. The first kappa shape index (κ1) is 14.7. The number of nitrogens with zero attached hydrogens (tertiary/aromatic N) is 2. The Morgan fingerprint density at radius 3 is 3.00 bits per heavy atom. The number of hydrogen-bond donors (Lipinski definition) is 1. The van der Waals surface area contributed by atoms with Gasteiger partial charge in [-0.15, -0.1) is 6.58 Å². The molecule has 0 bridgehead atoms. The summed E-state index contributed by atoms with van der Waals surface area (Å²) in [4.78, 5) is 0. The molecule has 0 saturated carbocycles. The van der Waals surface area contributed by atoms with Crippen LogP contribution in [0.4, 0.5) is 0 Å². The van der Waals surface area contributed by atoms with Crippen LogP contribution in [-0.4, -0.2) is 30.5 Å². The molecule has 0 unspecified atom stereocenters. The van der Waals surface area contributed by atoms with Crippen LogP contribution in [-0.2, 0) is 16.6 Å². The number of aryl methyl sites for hydroxylation is 2. The molecule has 0 saturated heterocycles. The van der Waals surface area contributed by atoms with Crippen LogP contribution in [0.25, 0.3) is 10.9 Å². The topological polar surface area (TPSA) is 64.0 Å². The number of sulfonamides is 1. The summed E-state index contributed by atoms with van der Waals surface area (Å²) in [6.07, 6.45) is 3.93. The minimum absolute atomic E-state index is 0.0447. The predicted octanol–water partition coefficient (Wildman–Crippen LogP) is 1.84. The smallest absolute Gasteiger partial charge is 0.215 e. The van der Waals surface area contributed by atoms with Crippen molar-refractivity contribution in [2.75, 3.05) is 12.3 Å². The summed E-state index contributed by atoms with van der Waals surface area (Å²) in [7, 11) is -3.22. The fraction of sp³-hybridized carbons (Fsp3) is 0.357. The van der Waals surface area contributed by atoms with Crippen molar-refractivity contribution in [2.45, 2.75) is 19.9 Å². The summed E-state index contributed by atoms with van der Waals surface area (Å²) in [6, 6.07) is 6.08. The molecule has 0 radical (unpaired) electrons. The van der Waals surface area contributed by atoms with Crippen molar-refractivity contribution >= 4 is 20.9 Å². The zero-order chi connectivity index (χ0) is 14.6. The molecule has 0 spiro atoms. The molecule has 108 valence electrons. The summed E-state index contributed by atoms with van der Waals surface area (Å²) in [5, 5.41) is 5.49. The minimum Gasteiger partial charge on any atom is -0.265 e. The Morgan fingerprint density at radius 2 is 2.25 bits per heavy atom. The van der Waals surface area contributed by atoms with E-state index in [-0.39, 0.29) is 5.75 Å². The van der Waals surface area contributed by atoms with Gasteiger partial charge in [-0.2, -0.15) is 5.10 Å². The molecule has 5 nitrogen and oxygen atoms in total. The van der Waals surface area contributed by atoms with Gasteiger partial charge >= 0.3 is 0 Å². The van der Waals surface area contributed by atoms with E-state index in [2.05, 4.69) is 29.4 Å². The van der Waals surface area contributed by atoms with Gasteiger partial charge in [-0.3, -0.25) is 4.68 Å². The van der Waals surface area contributed by atoms with Gasteiger partial charge in [0.2, 0.25) is 10.0 Å². The minimum atomic E-state index is -3.22. The fourth-order valence-electron chi connectivity index (χ4n) is 2.10. The lowest BCUT2D eigenvalue weighted by Crippen LogP contribution is -2.27. The van der Waals surface area contributed by atoms with Crippen molar-refractivity contribution in [1.29, 1.82) is 0 Å². The maximum absolute atomic E-state index is 11.4. The van der Waals surface area contributed by atoms with Gasteiger partial charge in [0.1, 0.15) is 0 Å². The van der Waals surface area contributed by atoms with Crippen LogP contribution < -0.4 is 4.72 Å². The third-order valence-electron chi connectivity index (χ3n) is 3.11. The van der Waals surface area contributed by atoms with E-state index in [0.717, 1.165) is 10.9 Å². The molecule has 2 rings (SSSR count). The van der Waals surface area contributed by atoms with Gasteiger partial charge < -0.3 is 0 Å². The molecule has 0 atom stereocenters. The lowest BCUT2D eigenvalue weighted by Gasteiger charge is -2.06. The average Bonchev–Trinajstić information content (AvgIpc) is 2.79. The zero-order valence-corrected chi connectivity index (χ0v) is 12.4. The molecule has 1 aromatic heterocycles. The molecule has 2 aromatic rings. The lowest BCUT2D eigenvalue weighted by atomic mass is 10.1. The van der Waals surface area contributed by atoms with Crippen molar-refractivity contribution in [3.63, 3.8) is 0 Å². The van der Waals surface area contributed by atoms with E-state index in [0.29, 0.717) is 19.5 Å². The molecule has 0 aliphatic heterocycles. The summed E-state index contributed by atoms with van der Waals surface area (Å²) in [5.74, 6) is -0.0447. The quantitative estimate of drug-likeness (QED) is 0.626. The van der Waals surface area contributed by atoms with Crippen LogP contribution in [0.3, 0.4) is 0 Å². The summed E-state index contributed by atoms with van der Waals surface area (Å²) < 4.78 is 27.3. The van der Waals surface area contributed by atoms with Crippen LogP contribution >= 0.6 is 0 Å². The average molecular weight is 293 g/mol. The van der Waals surface area contributed by atoms with Gasteiger partial charge in [-0.1, -0.05) is 18.2 Å². The maximum atomic E-state index is 11.4. The van der Waals surface area contributed by atoms with Gasteiger partial charge in [-0.25, -0.2) is 13.1 Å². The van der Waals surface area contributed by atoms with Crippen molar-refractivity contribution in [1.82, 2.24) is 14.5 Å². The first-order valence-electron chi connectivity index (χ1n) is 6.53. The van der Waals surface area contributed by atoms with Gasteiger partial charge in [0.05, 0.1) is 17.5 Å². The molecule has 0 fully saturated rings. The Balaban J connectivity index is 1.94. The largest absolute Gasteiger partial charge is 0.265 e. The number of rotatable bonds is 7. The zero-order valence-electron chi connectivity index (χ0n) is 11.5. The Bertz CT molecular complexity index is 704. The highest BCUT2D eigenvalue weighted by molar-refractivity contribution is 7.89. The van der Waals surface area contributed by atoms with E-state index in [1.54, 1.807) is 0 Å². The van der Waals surface area contributed by atoms with E-state index < -0.39 is 10.0 Å². The van der Waals surface area contributed by atoms with Crippen LogP contribution in [0.2, 0.25) is 0 Å². The monoisotopic (exact) mass is 293 g/mol. The normalized spacial score (nSPS) is 11.8. The molecule has 0 amide bonds. The summed E-state index contributed by atoms with van der Waals surface area (Å²) >= 11 is 0. The van der Waals surface area contributed by atoms with Gasteiger partial charge in [0.15, 0.2) is 0 Å². The highest BCUT2D eigenvalue weighted by atomic mass is 32.2. The molecular formula is C14H19N3O2S. The molecular weight excluding hydrogens is 274 g/mol. The van der Waals surface area contributed by atoms with Crippen molar-refractivity contribution in [3.8, 4) is 0 Å². The fourth-order valence-corrected chi connectivity index (χ4v) is 2.98. The number of hydrogen-bond acceptors (Lipinski definition) is 3. The standard InChI is InChI=1S/C14H19N3O2S/c1-3-10-20(18,19)16-8-5-9-17-14-7-4-6-12(2)13(14)11-15-17/h3-4,6-7,11,16H,1,5,8-10H2,2H3. The molecule has 20 heavy (non-hydrogen) atoms. The molecule has 0 aliphatic carbocycles. The molecule has 1 aromatic carbocycles. The van der Waals surface area contributed by atoms with Crippen LogP contribution in [0, 0.1) is 6.92 Å². The molecule has 1 N–H and O–H groups in total. The Labute approximate surface area is 119 Å². The highest BCUT2D eigenvalue weighted by Gasteiger charge is 2.07. The van der Waals surface area contributed by atoms with E-state index in [1.807, 2.05) is 23.0 Å². The second-order valence-electron chi connectivity index (χ2n) is 4.69. The van der Waals surface area contributed by atoms with Crippen LogP contribution in [0.1, 0.15) is 12.0 Å². The third-order valence-corrected chi connectivity index (χ3v) is 4.43. The number of fused-ring (bicyclic) bond motifs is 1. The third kappa shape index (κ3) is 3.46. The Hall–Kier alpha value is -1.66. The van der Waals surface area contributed by atoms with Crippen LogP contribution in [0.5, 0.6) is 0 Å². The van der Waals surface area contributed by atoms with Crippen molar-refractivity contribution in [3.05, 3.63) is 42.6 Å². The van der Waals surface area contributed by atoms with E-state index in [4.69, 9.17) is 0 Å². The second kappa shape index (κ2) is 6.19. The predicted molar refractivity (Wildman–Crippen MR) is 81.1 cm³/mol. The molecule has 1 heterocycles.